The third-order valence-corrected chi connectivity index (χ3v) is 6.29. The van der Waals surface area contributed by atoms with Crippen LogP contribution in [0.15, 0.2) is 41.3 Å². The van der Waals surface area contributed by atoms with Crippen LogP contribution in [0.2, 0.25) is 5.02 Å². The van der Waals surface area contributed by atoms with Crippen LogP contribution in [0.5, 0.6) is 0 Å². The molecular formula is C17H15ClF2N2O3S. The van der Waals surface area contributed by atoms with Crippen LogP contribution in [0.1, 0.15) is 23.2 Å². The molecule has 2 aromatic rings. The summed E-state index contributed by atoms with van der Waals surface area (Å²) in [5.41, 5.74) is -0.505. The fraction of sp³-hybridized carbons (Fsp3) is 0.235. The maximum atomic E-state index is 13.7. The molecule has 0 aromatic heterocycles. The topological polar surface area (TPSA) is 66.5 Å². The van der Waals surface area contributed by atoms with Crippen LogP contribution in [0, 0.1) is 11.6 Å². The van der Waals surface area contributed by atoms with Gasteiger partial charge in [0.05, 0.1) is 21.2 Å². The smallest absolute Gasteiger partial charge is 0.257 e. The molecule has 138 valence electrons. The molecular weight excluding hydrogens is 386 g/mol. The molecule has 1 fully saturated rings. The predicted molar refractivity (Wildman–Crippen MR) is 93.8 cm³/mol. The molecule has 5 nitrogen and oxygen atoms in total. The van der Waals surface area contributed by atoms with Crippen molar-refractivity contribution in [2.75, 3.05) is 18.4 Å². The van der Waals surface area contributed by atoms with Crippen molar-refractivity contribution >= 4 is 33.2 Å². The van der Waals surface area contributed by atoms with Crippen LogP contribution in [0.25, 0.3) is 0 Å². The number of anilines is 1. The molecule has 2 aromatic carbocycles. The molecule has 1 amide bonds. The van der Waals surface area contributed by atoms with Crippen LogP contribution >= 0.6 is 11.6 Å². The second kappa shape index (κ2) is 7.30. The van der Waals surface area contributed by atoms with Crippen molar-refractivity contribution in [2.45, 2.75) is 17.7 Å². The maximum Gasteiger partial charge on any atom is 0.257 e. The monoisotopic (exact) mass is 400 g/mol. The minimum absolute atomic E-state index is 0.000293. The zero-order chi connectivity index (χ0) is 18.9. The van der Waals surface area contributed by atoms with Gasteiger partial charge in [0.2, 0.25) is 10.0 Å². The standard InChI is InChI=1S/C17H15ClF2N2O3S/c18-14-5-4-12(26(24,25)22-7-1-2-8-22)10-13(14)17(23)21-16-9-11(19)3-6-15(16)20/h3-6,9-10H,1-2,7-8H2,(H,21,23). The van der Waals surface area contributed by atoms with Gasteiger partial charge in [0.15, 0.2) is 0 Å². The van der Waals surface area contributed by atoms with E-state index in [-0.39, 0.29) is 21.2 Å². The van der Waals surface area contributed by atoms with E-state index in [1.807, 2.05) is 0 Å². The van der Waals surface area contributed by atoms with Gasteiger partial charge in [-0.15, -0.1) is 0 Å². The highest BCUT2D eigenvalue weighted by Crippen LogP contribution is 2.26. The first-order valence-corrected chi connectivity index (χ1v) is 9.67. The number of hydrogen-bond acceptors (Lipinski definition) is 3. The van der Waals surface area contributed by atoms with Crippen LogP contribution < -0.4 is 5.32 Å². The summed E-state index contributed by atoms with van der Waals surface area (Å²) in [6, 6.07) is 6.37. The number of carbonyl (C=O) groups is 1. The molecule has 0 saturated carbocycles. The van der Waals surface area contributed by atoms with Gasteiger partial charge in [0.1, 0.15) is 11.6 Å². The lowest BCUT2D eigenvalue weighted by Gasteiger charge is -2.16. The number of benzene rings is 2. The Morgan fingerprint density at radius 1 is 1.08 bits per heavy atom. The first kappa shape index (κ1) is 18.8. The average molecular weight is 401 g/mol. The Labute approximate surface area is 154 Å². The highest BCUT2D eigenvalue weighted by Gasteiger charge is 2.28. The molecule has 0 atom stereocenters. The molecule has 1 aliphatic heterocycles. The van der Waals surface area contributed by atoms with E-state index in [4.69, 9.17) is 11.6 Å². The number of amides is 1. The maximum absolute atomic E-state index is 13.7. The van der Waals surface area contributed by atoms with Gasteiger partial charge in [-0.05, 0) is 43.2 Å². The molecule has 0 radical (unpaired) electrons. The normalized spacial score (nSPS) is 15.2. The van der Waals surface area contributed by atoms with Crippen molar-refractivity contribution in [1.82, 2.24) is 4.31 Å². The summed E-state index contributed by atoms with van der Waals surface area (Å²) in [5.74, 6) is -2.38. The number of nitrogens with zero attached hydrogens (tertiary/aromatic N) is 1. The van der Waals surface area contributed by atoms with Crippen LogP contribution in [-0.4, -0.2) is 31.7 Å². The zero-order valence-corrected chi connectivity index (χ0v) is 15.1. The largest absolute Gasteiger partial charge is 0.319 e. The molecule has 0 spiro atoms. The first-order valence-electron chi connectivity index (χ1n) is 7.85. The summed E-state index contributed by atoms with van der Waals surface area (Å²) in [7, 11) is -3.74. The number of nitrogens with one attached hydrogen (secondary N) is 1. The van der Waals surface area contributed by atoms with Crippen molar-refractivity contribution in [1.29, 1.82) is 0 Å². The molecule has 1 aliphatic rings. The number of sulfonamides is 1. The SMILES string of the molecule is O=C(Nc1cc(F)ccc1F)c1cc(S(=O)(=O)N2CCCC2)ccc1Cl. The molecule has 26 heavy (non-hydrogen) atoms. The summed E-state index contributed by atoms with van der Waals surface area (Å²) < 4.78 is 53.5. The predicted octanol–water partition coefficient (Wildman–Crippen LogP) is 3.66. The fourth-order valence-corrected chi connectivity index (χ4v) is 4.45. The van der Waals surface area contributed by atoms with Crippen LogP contribution in [0.3, 0.4) is 0 Å². The van der Waals surface area contributed by atoms with Crippen molar-refractivity contribution in [3.05, 3.63) is 58.6 Å². The van der Waals surface area contributed by atoms with Crippen LogP contribution in [0.4, 0.5) is 14.5 Å². The van der Waals surface area contributed by atoms with E-state index in [1.165, 1.54) is 16.4 Å². The highest BCUT2D eigenvalue weighted by atomic mass is 35.5. The Morgan fingerprint density at radius 3 is 2.46 bits per heavy atom. The van der Waals surface area contributed by atoms with Gasteiger partial charge in [-0.2, -0.15) is 4.31 Å². The van der Waals surface area contributed by atoms with Crippen LogP contribution in [-0.2, 0) is 10.0 Å². The summed E-state index contributed by atoms with van der Waals surface area (Å²) in [4.78, 5) is 12.3. The number of halogens is 3. The zero-order valence-electron chi connectivity index (χ0n) is 13.5. The lowest BCUT2D eigenvalue weighted by molar-refractivity contribution is 0.102. The minimum atomic E-state index is -3.74. The number of rotatable bonds is 4. The van der Waals surface area contributed by atoms with E-state index in [0.717, 1.165) is 37.1 Å². The number of carbonyl (C=O) groups excluding carboxylic acids is 1. The van der Waals surface area contributed by atoms with Gasteiger partial charge in [-0.3, -0.25) is 4.79 Å². The Morgan fingerprint density at radius 2 is 1.77 bits per heavy atom. The molecule has 0 bridgehead atoms. The molecule has 1 saturated heterocycles. The van der Waals surface area contributed by atoms with Crippen molar-refractivity contribution in [2.24, 2.45) is 0 Å². The summed E-state index contributed by atoms with van der Waals surface area (Å²) in [6.07, 6.45) is 1.55. The van der Waals surface area contributed by atoms with Gasteiger partial charge >= 0.3 is 0 Å². The van der Waals surface area contributed by atoms with E-state index in [1.54, 1.807) is 0 Å². The molecule has 9 heteroatoms. The fourth-order valence-electron chi connectivity index (χ4n) is 2.70. The Balaban J connectivity index is 1.92. The Bertz CT molecular complexity index is 960. The van der Waals surface area contributed by atoms with Crippen molar-refractivity contribution in [3.63, 3.8) is 0 Å². The van der Waals surface area contributed by atoms with E-state index >= 15 is 0 Å². The minimum Gasteiger partial charge on any atom is -0.319 e. The molecule has 1 heterocycles. The first-order chi connectivity index (χ1) is 12.3. The second-order valence-electron chi connectivity index (χ2n) is 5.83. The van der Waals surface area contributed by atoms with Crippen molar-refractivity contribution < 1.29 is 22.0 Å². The average Bonchev–Trinajstić information content (AvgIpc) is 3.13. The van der Waals surface area contributed by atoms with E-state index in [9.17, 15) is 22.0 Å². The van der Waals surface area contributed by atoms with Gasteiger partial charge in [-0.1, -0.05) is 11.6 Å². The third kappa shape index (κ3) is 3.72. The Hall–Kier alpha value is -2.03. The summed E-state index contributed by atoms with van der Waals surface area (Å²) in [5, 5.41) is 2.21. The van der Waals surface area contributed by atoms with Gasteiger partial charge in [0.25, 0.3) is 5.91 Å². The van der Waals surface area contributed by atoms with Gasteiger partial charge in [-0.25, -0.2) is 17.2 Å². The molecule has 3 rings (SSSR count). The lowest BCUT2D eigenvalue weighted by Crippen LogP contribution is -2.28. The third-order valence-electron chi connectivity index (χ3n) is 4.06. The summed E-state index contributed by atoms with van der Waals surface area (Å²) >= 11 is 6.00. The highest BCUT2D eigenvalue weighted by molar-refractivity contribution is 7.89. The number of hydrogen-bond donors (Lipinski definition) is 1. The van der Waals surface area contributed by atoms with E-state index < -0.39 is 27.6 Å². The summed E-state index contributed by atoms with van der Waals surface area (Å²) in [6.45, 7) is 0.835. The molecule has 0 aliphatic carbocycles. The molecule has 1 N–H and O–H groups in total. The van der Waals surface area contributed by atoms with E-state index in [2.05, 4.69) is 5.32 Å². The van der Waals surface area contributed by atoms with E-state index in [0.29, 0.717) is 13.1 Å². The van der Waals surface area contributed by atoms with Gasteiger partial charge in [0, 0.05) is 19.2 Å². The Kier molecular flexibility index (Phi) is 5.27. The molecule has 0 unspecified atom stereocenters. The van der Waals surface area contributed by atoms with Gasteiger partial charge < -0.3 is 5.32 Å². The lowest BCUT2D eigenvalue weighted by atomic mass is 10.2. The second-order valence-corrected chi connectivity index (χ2v) is 8.18. The quantitative estimate of drug-likeness (QED) is 0.851. The van der Waals surface area contributed by atoms with Crippen molar-refractivity contribution in [3.8, 4) is 0 Å².